The highest BCUT2D eigenvalue weighted by molar-refractivity contribution is 6.03. The van der Waals surface area contributed by atoms with E-state index in [0.29, 0.717) is 19.4 Å². The summed E-state index contributed by atoms with van der Waals surface area (Å²) in [7, 11) is 0. The second kappa shape index (κ2) is 6.39. The molecule has 1 N–H and O–H groups in total. The van der Waals surface area contributed by atoms with Crippen molar-refractivity contribution >= 4 is 17.5 Å². The zero-order valence-electron chi connectivity index (χ0n) is 12.1. The van der Waals surface area contributed by atoms with E-state index in [1.807, 2.05) is 42.5 Å². The third-order valence-electron chi connectivity index (χ3n) is 3.74. The van der Waals surface area contributed by atoms with Gasteiger partial charge in [-0.25, -0.2) is 0 Å². The molecule has 1 aromatic carbocycles. The van der Waals surface area contributed by atoms with Crippen LogP contribution in [-0.2, 0) is 16.1 Å². The first-order valence-corrected chi connectivity index (χ1v) is 7.29. The number of anilines is 1. The van der Waals surface area contributed by atoms with Crippen molar-refractivity contribution in [3.63, 3.8) is 0 Å². The normalized spacial score (nSPS) is 17.5. The predicted octanol–water partition coefficient (Wildman–Crippen LogP) is 1.89. The summed E-state index contributed by atoms with van der Waals surface area (Å²) in [6, 6.07) is 12.6. The van der Waals surface area contributed by atoms with E-state index in [2.05, 4.69) is 10.3 Å². The number of pyridine rings is 1. The molecule has 3 rings (SSSR count). The first-order valence-electron chi connectivity index (χ1n) is 7.29. The van der Waals surface area contributed by atoms with E-state index in [0.717, 1.165) is 11.3 Å². The number of nitrogens with one attached hydrogen (secondary N) is 1. The fourth-order valence-corrected chi connectivity index (χ4v) is 2.65. The van der Waals surface area contributed by atoms with Crippen molar-refractivity contribution < 1.29 is 9.59 Å². The molecule has 1 aliphatic rings. The molecule has 1 aliphatic heterocycles. The molecule has 2 heterocycles. The van der Waals surface area contributed by atoms with E-state index in [1.165, 1.54) is 0 Å². The van der Waals surface area contributed by atoms with Crippen molar-refractivity contribution in [2.24, 2.45) is 0 Å². The molecule has 22 heavy (non-hydrogen) atoms. The molecule has 1 saturated heterocycles. The van der Waals surface area contributed by atoms with Gasteiger partial charge in [0.1, 0.15) is 6.04 Å². The van der Waals surface area contributed by atoms with Crippen molar-refractivity contribution in [1.82, 2.24) is 10.3 Å². The number of nitrogens with zero attached hydrogens (tertiary/aromatic N) is 2. The van der Waals surface area contributed by atoms with Gasteiger partial charge < -0.3 is 5.32 Å². The Morgan fingerprint density at radius 1 is 1.23 bits per heavy atom. The summed E-state index contributed by atoms with van der Waals surface area (Å²) in [5, 5.41) is 2.89. The summed E-state index contributed by atoms with van der Waals surface area (Å²) >= 11 is 0. The maximum Gasteiger partial charge on any atom is 0.243 e. The molecule has 0 spiro atoms. The van der Waals surface area contributed by atoms with Gasteiger partial charge in [-0.1, -0.05) is 24.3 Å². The maximum absolute atomic E-state index is 12.4. The predicted molar refractivity (Wildman–Crippen MR) is 83.0 cm³/mol. The van der Waals surface area contributed by atoms with E-state index in [1.54, 1.807) is 17.3 Å². The number of amides is 2. The molecule has 5 nitrogen and oxygen atoms in total. The first kappa shape index (κ1) is 14.3. The van der Waals surface area contributed by atoms with Gasteiger partial charge in [-0.3, -0.25) is 19.5 Å². The zero-order chi connectivity index (χ0) is 15.4. The minimum absolute atomic E-state index is 0.00673. The minimum Gasteiger partial charge on any atom is -0.350 e. The van der Waals surface area contributed by atoms with Gasteiger partial charge in [0.25, 0.3) is 0 Å². The third-order valence-corrected chi connectivity index (χ3v) is 3.74. The van der Waals surface area contributed by atoms with Gasteiger partial charge in [-0.15, -0.1) is 0 Å². The van der Waals surface area contributed by atoms with Crippen molar-refractivity contribution in [1.29, 1.82) is 0 Å². The number of rotatable bonds is 4. The molecule has 0 bridgehead atoms. The molecule has 0 aliphatic carbocycles. The number of carbonyl (C=O) groups is 2. The minimum atomic E-state index is -0.438. The van der Waals surface area contributed by atoms with E-state index in [4.69, 9.17) is 0 Å². The maximum atomic E-state index is 12.4. The molecule has 1 aromatic heterocycles. The van der Waals surface area contributed by atoms with E-state index in [9.17, 15) is 9.59 Å². The molecule has 1 fully saturated rings. The lowest BCUT2D eigenvalue weighted by atomic mass is 10.2. The van der Waals surface area contributed by atoms with Crippen LogP contribution in [0.5, 0.6) is 0 Å². The molecule has 2 aromatic rings. The van der Waals surface area contributed by atoms with Crippen LogP contribution in [-0.4, -0.2) is 22.8 Å². The van der Waals surface area contributed by atoms with Crippen molar-refractivity contribution in [3.05, 3.63) is 60.4 Å². The summed E-state index contributed by atoms with van der Waals surface area (Å²) in [6.07, 6.45) is 4.36. The van der Waals surface area contributed by atoms with E-state index < -0.39 is 6.04 Å². The van der Waals surface area contributed by atoms with Crippen LogP contribution in [0.15, 0.2) is 54.9 Å². The Morgan fingerprint density at radius 2 is 2.05 bits per heavy atom. The highest BCUT2D eigenvalue weighted by atomic mass is 16.2. The topological polar surface area (TPSA) is 62.3 Å². The number of benzene rings is 1. The van der Waals surface area contributed by atoms with Gasteiger partial charge in [0, 0.05) is 31.0 Å². The van der Waals surface area contributed by atoms with E-state index >= 15 is 0 Å². The van der Waals surface area contributed by atoms with E-state index in [-0.39, 0.29) is 11.8 Å². The summed E-state index contributed by atoms with van der Waals surface area (Å²) in [5.41, 5.74) is 1.71. The van der Waals surface area contributed by atoms with Crippen LogP contribution in [0.2, 0.25) is 0 Å². The quantitative estimate of drug-likeness (QED) is 0.937. The molecule has 1 unspecified atom stereocenters. The number of aromatic nitrogens is 1. The molecule has 0 saturated carbocycles. The van der Waals surface area contributed by atoms with Crippen LogP contribution < -0.4 is 10.2 Å². The molecular weight excluding hydrogens is 278 g/mol. The van der Waals surface area contributed by atoms with Gasteiger partial charge in [0.05, 0.1) is 0 Å². The molecule has 0 radical (unpaired) electrons. The van der Waals surface area contributed by atoms with Crippen molar-refractivity contribution in [2.75, 3.05) is 4.90 Å². The molecule has 1 atom stereocenters. The van der Waals surface area contributed by atoms with Crippen LogP contribution in [0, 0.1) is 0 Å². The monoisotopic (exact) mass is 295 g/mol. The van der Waals surface area contributed by atoms with Crippen LogP contribution in [0.25, 0.3) is 0 Å². The zero-order valence-corrected chi connectivity index (χ0v) is 12.1. The lowest BCUT2D eigenvalue weighted by Crippen LogP contribution is -2.44. The lowest BCUT2D eigenvalue weighted by Gasteiger charge is -2.24. The van der Waals surface area contributed by atoms with Crippen molar-refractivity contribution in [3.8, 4) is 0 Å². The number of para-hydroxylation sites is 1. The molecular formula is C17H17N3O2. The highest BCUT2D eigenvalue weighted by Gasteiger charge is 2.36. The molecule has 112 valence electrons. The Balaban J connectivity index is 1.70. The Bertz CT molecular complexity index is 658. The van der Waals surface area contributed by atoms with Gasteiger partial charge in [-0.2, -0.15) is 0 Å². The standard InChI is InChI=1S/C17H17N3O2/c21-16-9-8-15(20(16)14-6-2-1-3-7-14)17(22)19-12-13-5-4-10-18-11-13/h1-7,10-11,15H,8-9,12H2,(H,19,22). The fourth-order valence-electron chi connectivity index (χ4n) is 2.65. The average molecular weight is 295 g/mol. The summed E-state index contributed by atoms with van der Waals surface area (Å²) in [4.78, 5) is 30.1. The van der Waals surface area contributed by atoms with Gasteiger partial charge in [0.2, 0.25) is 11.8 Å². The summed E-state index contributed by atoms with van der Waals surface area (Å²) in [6.45, 7) is 0.417. The van der Waals surface area contributed by atoms with Gasteiger partial charge in [0.15, 0.2) is 0 Å². The van der Waals surface area contributed by atoms with Gasteiger partial charge >= 0.3 is 0 Å². The Labute approximate surface area is 129 Å². The number of carbonyl (C=O) groups excluding carboxylic acids is 2. The van der Waals surface area contributed by atoms with Gasteiger partial charge in [-0.05, 0) is 30.2 Å². The first-order chi connectivity index (χ1) is 10.8. The third kappa shape index (κ3) is 2.98. The second-order valence-electron chi connectivity index (χ2n) is 5.23. The molecule has 5 heteroatoms. The molecule has 2 amide bonds. The number of hydrogen-bond acceptors (Lipinski definition) is 3. The Kier molecular flexibility index (Phi) is 4.14. The fraction of sp³-hybridized carbons (Fsp3) is 0.235. The average Bonchev–Trinajstić information content (AvgIpc) is 2.96. The van der Waals surface area contributed by atoms with Crippen LogP contribution in [0.4, 0.5) is 5.69 Å². The summed E-state index contributed by atoms with van der Waals surface area (Å²) in [5.74, 6) is -0.133. The highest BCUT2D eigenvalue weighted by Crippen LogP contribution is 2.26. The Hall–Kier alpha value is -2.69. The van der Waals surface area contributed by atoms with Crippen LogP contribution in [0.1, 0.15) is 18.4 Å². The second-order valence-corrected chi connectivity index (χ2v) is 5.23. The van der Waals surface area contributed by atoms with Crippen LogP contribution in [0.3, 0.4) is 0 Å². The SMILES string of the molecule is O=C(NCc1cccnc1)C1CCC(=O)N1c1ccccc1. The smallest absolute Gasteiger partial charge is 0.243 e. The lowest BCUT2D eigenvalue weighted by molar-refractivity contribution is -0.124. The number of hydrogen-bond donors (Lipinski definition) is 1. The largest absolute Gasteiger partial charge is 0.350 e. The van der Waals surface area contributed by atoms with Crippen molar-refractivity contribution in [2.45, 2.75) is 25.4 Å². The Morgan fingerprint density at radius 3 is 2.77 bits per heavy atom. The summed E-state index contributed by atoms with van der Waals surface area (Å²) < 4.78 is 0. The van der Waals surface area contributed by atoms with Crippen LogP contribution >= 0.6 is 0 Å².